The Kier molecular flexibility index (Phi) is 50.2. The van der Waals surface area contributed by atoms with Crippen molar-refractivity contribution in [1.82, 2.24) is 0 Å². The minimum Gasteiger partial charge on any atom is -0.545 e. The second-order valence-corrected chi connectivity index (χ2v) is 20.2. The first-order chi connectivity index (χ1) is 34.6. The molecule has 0 aliphatic heterocycles. The fourth-order valence-corrected chi connectivity index (χ4v) is 7.71. The summed E-state index contributed by atoms with van der Waals surface area (Å²) in [6.07, 6.45) is 66.2. The van der Waals surface area contributed by atoms with E-state index in [0.29, 0.717) is 17.4 Å². The Labute approximate surface area is 436 Å². The van der Waals surface area contributed by atoms with Crippen molar-refractivity contribution < 1.29 is 42.9 Å². The van der Waals surface area contributed by atoms with Crippen molar-refractivity contribution in [2.24, 2.45) is 0 Å². The summed E-state index contributed by atoms with van der Waals surface area (Å²) >= 11 is 0. The van der Waals surface area contributed by atoms with Crippen molar-refractivity contribution in [2.45, 2.75) is 245 Å². The Morgan fingerprint density at radius 1 is 0.437 bits per heavy atom. The molecular weight excluding hydrogens is 887 g/mol. The van der Waals surface area contributed by atoms with E-state index in [2.05, 4.69) is 98.9 Å². The van der Waals surface area contributed by atoms with Gasteiger partial charge in [-0.3, -0.25) is 9.59 Å². The van der Waals surface area contributed by atoms with Gasteiger partial charge in [-0.1, -0.05) is 214 Å². The summed E-state index contributed by atoms with van der Waals surface area (Å²) in [7, 11) is 5.91. The number of carbonyl (C=O) groups is 3. The number of esters is 2. The number of carboxylic acid groups (broad SMARTS) is 1. The van der Waals surface area contributed by atoms with Crippen molar-refractivity contribution >= 4 is 17.9 Å². The van der Waals surface area contributed by atoms with E-state index in [1.54, 1.807) is 0 Å². The van der Waals surface area contributed by atoms with Crippen LogP contribution in [0.25, 0.3) is 0 Å². The Morgan fingerprint density at radius 3 is 1.20 bits per heavy atom. The highest BCUT2D eigenvalue weighted by molar-refractivity contribution is 5.70. The highest BCUT2D eigenvalue weighted by Gasteiger charge is 2.22. The van der Waals surface area contributed by atoms with Crippen LogP contribution in [0.5, 0.6) is 0 Å². The third-order valence-electron chi connectivity index (χ3n) is 12.1. The minimum atomic E-state index is -1.63. The van der Waals surface area contributed by atoms with Gasteiger partial charge in [0.25, 0.3) is 0 Å². The van der Waals surface area contributed by atoms with E-state index >= 15 is 0 Å². The standard InChI is InChI=1S/C62H107NO8/c1-6-8-10-12-14-16-18-20-22-24-26-28-29-30-31-33-35-37-39-41-43-45-47-49-51-53-60(65)71-58(57-70-62(61(66)67)68-55-54-63(3,4)5)56-69-59(64)52-50-48-46-44-42-40-38-36-34-32-27-25-23-21-19-17-15-13-11-9-7-2/h8,10,14,16,19-22,25-28,30-31,58,62H,6-7,9,11-13,15,17-18,23-24,29,32-57H2,1-5H3/b10-8-,16-14-,21-19-,22-20-,27-25-,28-26-,31-30-. The quantitative estimate of drug-likeness (QED) is 0.0195. The first kappa shape index (κ1) is 67.5. The summed E-state index contributed by atoms with van der Waals surface area (Å²) in [6, 6.07) is 0. The molecule has 9 nitrogen and oxygen atoms in total. The van der Waals surface area contributed by atoms with Gasteiger partial charge in [-0.05, 0) is 89.9 Å². The molecule has 71 heavy (non-hydrogen) atoms. The molecule has 9 heteroatoms. The molecule has 0 aromatic rings. The zero-order valence-electron chi connectivity index (χ0n) is 46.3. The number of carbonyl (C=O) groups excluding carboxylic acids is 3. The number of carboxylic acids is 1. The number of rotatable bonds is 52. The lowest BCUT2D eigenvalue weighted by molar-refractivity contribution is -0.870. The molecule has 0 aliphatic carbocycles. The van der Waals surface area contributed by atoms with Gasteiger partial charge in [0, 0.05) is 12.8 Å². The van der Waals surface area contributed by atoms with Gasteiger partial charge in [0.15, 0.2) is 12.4 Å². The lowest BCUT2D eigenvalue weighted by Gasteiger charge is -2.26. The van der Waals surface area contributed by atoms with Crippen LogP contribution in [0.1, 0.15) is 232 Å². The van der Waals surface area contributed by atoms with Crippen molar-refractivity contribution in [3.63, 3.8) is 0 Å². The number of hydrogen-bond acceptors (Lipinski definition) is 8. The third-order valence-corrected chi connectivity index (χ3v) is 12.1. The molecule has 0 fully saturated rings. The maximum atomic E-state index is 12.9. The molecule has 0 heterocycles. The maximum absolute atomic E-state index is 12.9. The number of hydrogen-bond donors (Lipinski definition) is 0. The highest BCUT2D eigenvalue weighted by atomic mass is 16.7. The van der Waals surface area contributed by atoms with Crippen molar-refractivity contribution in [1.29, 1.82) is 0 Å². The van der Waals surface area contributed by atoms with E-state index in [1.807, 2.05) is 21.1 Å². The minimum absolute atomic E-state index is 0.142. The van der Waals surface area contributed by atoms with Crippen molar-refractivity contribution in [2.75, 3.05) is 47.5 Å². The average Bonchev–Trinajstić information content (AvgIpc) is 3.34. The molecule has 0 radical (unpaired) electrons. The van der Waals surface area contributed by atoms with Crippen molar-refractivity contribution in [3.8, 4) is 0 Å². The van der Waals surface area contributed by atoms with Crippen LogP contribution in [0.15, 0.2) is 85.1 Å². The van der Waals surface area contributed by atoms with Gasteiger partial charge in [-0.15, -0.1) is 0 Å². The summed E-state index contributed by atoms with van der Waals surface area (Å²) in [5.41, 5.74) is 0. The predicted octanol–water partition coefficient (Wildman–Crippen LogP) is 15.5. The van der Waals surface area contributed by atoms with Gasteiger partial charge < -0.3 is 33.3 Å². The monoisotopic (exact) mass is 994 g/mol. The van der Waals surface area contributed by atoms with Crippen LogP contribution >= 0.6 is 0 Å². The summed E-state index contributed by atoms with van der Waals surface area (Å²) < 4.78 is 22.7. The number of unbranched alkanes of at least 4 members (excludes halogenated alkanes) is 23. The van der Waals surface area contributed by atoms with Crippen LogP contribution in [0.2, 0.25) is 0 Å². The Hall–Kier alpha value is -3.53. The second kappa shape index (κ2) is 52.8. The molecule has 0 aliphatic rings. The van der Waals surface area contributed by atoms with Crippen molar-refractivity contribution in [3.05, 3.63) is 85.1 Å². The lowest BCUT2D eigenvalue weighted by Crippen LogP contribution is -2.44. The molecule has 0 saturated carbocycles. The smallest absolute Gasteiger partial charge is 0.306 e. The molecule has 408 valence electrons. The van der Waals surface area contributed by atoms with Crippen LogP contribution in [-0.2, 0) is 33.3 Å². The zero-order valence-corrected chi connectivity index (χ0v) is 46.3. The summed E-state index contributed by atoms with van der Waals surface area (Å²) in [4.78, 5) is 37.3. The van der Waals surface area contributed by atoms with E-state index in [0.717, 1.165) is 83.5 Å². The molecule has 2 unspecified atom stereocenters. The number of aliphatic carboxylic acids is 1. The number of allylic oxidation sites excluding steroid dienone is 14. The first-order valence-corrected chi connectivity index (χ1v) is 28.7. The maximum Gasteiger partial charge on any atom is 0.306 e. The van der Waals surface area contributed by atoms with Crippen LogP contribution in [0.4, 0.5) is 0 Å². The fraction of sp³-hybridized carbons (Fsp3) is 0.726. The van der Waals surface area contributed by atoms with Gasteiger partial charge in [-0.25, -0.2) is 0 Å². The number of nitrogens with zero attached hydrogens (tertiary/aromatic N) is 1. The van der Waals surface area contributed by atoms with Gasteiger partial charge in [0.05, 0.1) is 40.3 Å². The highest BCUT2D eigenvalue weighted by Crippen LogP contribution is 2.15. The molecule has 0 bridgehead atoms. The van der Waals surface area contributed by atoms with Crippen LogP contribution < -0.4 is 5.11 Å². The molecular formula is C62H107NO8. The number of likely N-dealkylation sites (N-methyl/N-ethyl adjacent to an activating group) is 1. The molecule has 0 spiro atoms. The topological polar surface area (TPSA) is 111 Å². The average molecular weight is 995 g/mol. The van der Waals surface area contributed by atoms with Gasteiger partial charge >= 0.3 is 11.9 Å². The van der Waals surface area contributed by atoms with Crippen LogP contribution in [0, 0.1) is 0 Å². The molecule has 2 atom stereocenters. The Balaban J connectivity index is 4.30. The largest absolute Gasteiger partial charge is 0.545 e. The van der Waals surface area contributed by atoms with E-state index in [1.165, 1.54) is 116 Å². The SMILES string of the molecule is CC/C=C\C/C=C\C/C=C\C/C=C\C/C=C\CCCCCCCCCCCC(=O)OC(COC(=O)CCCCCCCCCCC/C=C\C/C=C\CCCCCCC)COC(OCC[N+](C)(C)C)C(=O)[O-]. The summed E-state index contributed by atoms with van der Waals surface area (Å²) in [5.74, 6) is -2.30. The van der Waals surface area contributed by atoms with E-state index in [-0.39, 0.29) is 38.6 Å². The van der Waals surface area contributed by atoms with E-state index in [4.69, 9.17) is 18.9 Å². The summed E-state index contributed by atoms with van der Waals surface area (Å²) in [6.45, 7) is 4.62. The first-order valence-electron chi connectivity index (χ1n) is 28.7. The molecule has 0 aromatic carbocycles. The van der Waals surface area contributed by atoms with Gasteiger partial charge in [-0.2, -0.15) is 0 Å². The molecule has 0 amide bonds. The normalized spacial score (nSPS) is 13.4. The third kappa shape index (κ3) is 54.1. The zero-order chi connectivity index (χ0) is 52.0. The van der Waals surface area contributed by atoms with Gasteiger partial charge in [0.1, 0.15) is 13.2 Å². The molecule has 0 rings (SSSR count). The van der Waals surface area contributed by atoms with Crippen LogP contribution in [0.3, 0.4) is 0 Å². The molecule has 0 N–H and O–H groups in total. The second-order valence-electron chi connectivity index (χ2n) is 20.2. The van der Waals surface area contributed by atoms with Gasteiger partial charge in [0.2, 0.25) is 0 Å². The van der Waals surface area contributed by atoms with E-state index < -0.39 is 24.3 Å². The van der Waals surface area contributed by atoms with Crippen LogP contribution in [-0.4, -0.2) is 82.3 Å². The Morgan fingerprint density at radius 2 is 0.803 bits per heavy atom. The number of ether oxygens (including phenoxy) is 4. The van der Waals surface area contributed by atoms with E-state index in [9.17, 15) is 19.5 Å². The Bertz CT molecular complexity index is 1440. The fourth-order valence-electron chi connectivity index (χ4n) is 7.71. The molecule has 0 saturated heterocycles. The molecule has 0 aromatic heterocycles. The number of quaternary nitrogens is 1. The predicted molar refractivity (Wildman–Crippen MR) is 297 cm³/mol. The lowest BCUT2D eigenvalue weighted by atomic mass is 10.1. The summed E-state index contributed by atoms with van der Waals surface area (Å²) in [5, 5.41) is 11.8.